The van der Waals surface area contributed by atoms with Crippen molar-refractivity contribution < 1.29 is 14.3 Å². The molecule has 1 heterocycles. The first kappa shape index (κ1) is 15.2. The average molecular weight is 267 g/mol. The van der Waals surface area contributed by atoms with Crippen molar-refractivity contribution in [2.24, 2.45) is 7.05 Å². The van der Waals surface area contributed by atoms with E-state index in [-0.39, 0.29) is 6.42 Å². The fourth-order valence-corrected chi connectivity index (χ4v) is 1.77. The molecule has 0 aliphatic rings. The number of alkyl carbamates (subject to hydrolysis) is 1. The standard InChI is InChI=1S/C13H21N3O3/c1-9-10(8-16(5)15-9)11(6-7-17)14-12(18)19-13(2,3)4/h7-8,11H,6H2,1-5H3,(H,14,18)/t11-/m0/s1. The number of rotatable bonds is 4. The van der Waals surface area contributed by atoms with Crippen molar-refractivity contribution in [1.82, 2.24) is 15.1 Å². The van der Waals surface area contributed by atoms with Gasteiger partial charge in [-0.3, -0.25) is 4.68 Å². The summed E-state index contributed by atoms with van der Waals surface area (Å²) in [6.45, 7) is 7.20. The molecule has 1 N–H and O–H groups in total. The van der Waals surface area contributed by atoms with Crippen LogP contribution >= 0.6 is 0 Å². The number of carbonyl (C=O) groups excluding carboxylic acids is 2. The van der Waals surface area contributed by atoms with Crippen LogP contribution in [-0.4, -0.2) is 27.8 Å². The minimum atomic E-state index is -0.570. The first-order chi connectivity index (χ1) is 8.73. The third-order valence-corrected chi connectivity index (χ3v) is 2.45. The predicted molar refractivity (Wildman–Crippen MR) is 70.7 cm³/mol. The maximum absolute atomic E-state index is 11.8. The summed E-state index contributed by atoms with van der Waals surface area (Å²) in [5, 5.41) is 6.90. The van der Waals surface area contributed by atoms with Crippen molar-refractivity contribution in [3.8, 4) is 0 Å². The summed E-state index contributed by atoms with van der Waals surface area (Å²) in [4.78, 5) is 22.5. The van der Waals surface area contributed by atoms with E-state index >= 15 is 0 Å². The number of aldehydes is 1. The number of aromatic nitrogens is 2. The Labute approximate surface area is 113 Å². The first-order valence-electron chi connectivity index (χ1n) is 6.16. The summed E-state index contributed by atoms with van der Waals surface area (Å²) in [5.74, 6) is 0. The van der Waals surface area contributed by atoms with Crippen molar-refractivity contribution in [1.29, 1.82) is 0 Å². The third-order valence-electron chi connectivity index (χ3n) is 2.45. The van der Waals surface area contributed by atoms with Crippen LogP contribution in [0.15, 0.2) is 6.20 Å². The monoisotopic (exact) mass is 267 g/mol. The van der Waals surface area contributed by atoms with Crippen LogP contribution in [0.2, 0.25) is 0 Å². The summed E-state index contributed by atoms with van der Waals surface area (Å²) in [6, 6.07) is -0.416. The maximum Gasteiger partial charge on any atom is 0.408 e. The molecule has 0 saturated heterocycles. The van der Waals surface area contributed by atoms with Crippen LogP contribution in [0, 0.1) is 6.92 Å². The largest absolute Gasteiger partial charge is 0.444 e. The molecule has 0 radical (unpaired) electrons. The Hall–Kier alpha value is -1.85. The second-order valence-corrected chi connectivity index (χ2v) is 5.44. The molecule has 1 rings (SSSR count). The lowest BCUT2D eigenvalue weighted by atomic mass is 10.1. The van der Waals surface area contributed by atoms with E-state index in [0.29, 0.717) is 0 Å². The number of carbonyl (C=O) groups is 2. The molecule has 106 valence electrons. The van der Waals surface area contributed by atoms with Gasteiger partial charge in [-0.05, 0) is 27.7 Å². The van der Waals surface area contributed by atoms with Gasteiger partial charge in [-0.2, -0.15) is 5.10 Å². The Morgan fingerprint density at radius 2 is 2.21 bits per heavy atom. The molecule has 0 bridgehead atoms. The second kappa shape index (κ2) is 5.86. The van der Waals surface area contributed by atoms with Gasteiger partial charge >= 0.3 is 6.09 Å². The zero-order valence-corrected chi connectivity index (χ0v) is 12.1. The molecule has 1 aromatic rings. The number of hydrogen-bond donors (Lipinski definition) is 1. The highest BCUT2D eigenvalue weighted by Crippen LogP contribution is 2.19. The Kier molecular flexibility index (Phi) is 4.69. The molecule has 1 atom stereocenters. The number of ether oxygens (including phenoxy) is 1. The van der Waals surface area contributed by atoms with E-state index in [4.69, 9.17) is 4.74 Å². The minimum absolute atomic E-state index is 0.186. The van der Waals surface area contributed by atoms with E-state index in [1.807, 2.05) is 6.92 Å². The smallest absolute Gasteiger partial charge is 0.408 e. The first-order valence-corrected chi connectivity index (χ1v) is 6.16. The minimum Gasteiger partial charge on any atom is -0.444 e. The van der Waals surface area contributed by atoms with Gasteiger partial charge in [0.05, 0.1) is 11.7 Å². The van der Waals surface area contributed by atoms with Gasteiger partial charge in [0.25, 0.3) is 0 Å². The fourth-order valence-electron chi connectivity index (χ4n) is 1.77. The van der Waals surface area contributed by atoms with E-state index in [9.17, 15) is 9.59 Å². The highest BCUT2D eigenvalue weighted by atomic mass is 16.6. The number of amides is 1. The molecule has 0 spiro atoms. The van der Waals surface area contributed by atoms with E-state index in [2.05, 4.69) is 10.4 Å². The highest BCUT2D eigenvalue weighted by Gasteiger charge is 2.22. The molecular formula is C13H21N3O3. The van der Waals surface area contributed by atoms with Crippen molar-refractivity contribution in [3.05, 3.63) is 17.5 Å². The topological polar surface area (TPSA) is 73.2 Å². The van der Waals surface area contributed by atoms with E-state index in [1.165, 1.54) is 0 Å². The Bertz CT molecular complexity index is 460. The number of aryl methyl sites for hydroxylation is 2. The fraction of sp³-hybridized carbons (Fsp3) is 0.615. The van der Waals surface area contributed by atoms with E-state index in [1.54, 1.807) is 38.7 Å². The number of nitrogens with zero attached hydrogens (tertiary/aromatic N) is 2. The molecule has 0 unspecified atom stereocenters. The van der Waals surface area contributed by atoms with Crippen LogP contribution < -0.4 is 5.32 Å². The van der Waals surface area contributed by atoms with Crippen LogP contribution in [0.4, 0.5) is 4.79 Å². The van der Waals surface area contributed by atoms with Gasteiger partial charge < -0.3 is 14.8 Å². The molecule has 19 heavy (non-hydrogen) atoms. The lowest BCUT2D eigenvalue weighted by Gasteiger charge is -2.22. The maximum atomic E-state index is 11.8. The summed E-state index contributed by atoms with van der Waals surface area (Å²) >= 11 is 0. The molecule has 6 nitrogen and oxygen atoms in total. The molecule has 0 saturated carbocycles. The molecule has 0 aliphatic heterocycles. The van der Waals surface area contributed by atoms with Crippen molar-refractivity contribution in [2.75, 3.05) is 0 Å². The molecular weight excluding hydrogens is 246 g/mol. The van der Waals surface area contributed by atoms with Crippen LogP contribution in [0.5, 0.6) is 0 Å². The quantitative estimate of drug-likeness (QED) is 0.845. The summed E-state index contributed by atoms with van der Waals surface area (Å²) in [5.41, 5.74) is 1.03. The van der Waals surface area contributed by atoms with E-state index in [0.717, 1.165) is 17.5 Å². The van der Waals surface area contributed by atoms with Gasteiger partial charge in [0.2, 0.25) is 0 Å². The Morgan fingerprint density at radius 1 is 1.58 bits per heavy atom. The van der Waals surface area contributed by atoms with Crippen LogP contribution in [0.1, 0.15) is 44.5 Å². The Morgan fingerprint density at radius 3 is 2.63 bits per heavy atom. The number of nitrogens with one attached hydrogen (secondary N) is 1. The zero-order valence-electron chi connectivity index (χ0n) is 12.1. The molecule has 6 heteroatoms. The van der Waals surface area contributed by atoms with Crippen LogP contribution in [0.25, 0.3) is 0 Å². The number of hydrogen-bond acceptors (Lipinski definition) is 4. The van der Waals surface area contributed by atoms with Gasteiger partial charge in [-0.25, -0.2) is 4.79 Å². The van der Waals surface area contributed by atoms with Gasteiger partial charge in [-0.15, -0.1) is 0 Å². The molecule has 0 fully saturated rings. The lowest BCUT2D eigenvalue weighted by Crippen LogP contribution is -2.35. The van der Waals surface area contributed by atoms with Crippen molar-refractivity contribution >= 4 is 12.4 Å². The predicted octanol–water partition coefficient (Wildman–Crippen LogP) is 1.88. The second-order valence-electron chi connectivity index (χ2n) is 5.44. The summed E-state index contributed by atoms with van der Waals surface area (Å²) in [6.07, 6.45) is 2.21. The molecule has 1 amide bonds. The lowest BCUT2D eigenvalue weighted by molar-refractivity contribution is -0.108. The summed E-state index contributed by atoms with van der Waals surface area (Å²) < 4.78 is 6.84. The average Bonchev–Trinajstić information content (AvgIpc) is 2.54. The third kappa shape index (κ3) is 4.73. The van der Waals surface area contributed by atoms with Gasteiger partial charge in [0, 0.05) is 25.2 Å². The molecule has 0 aromatic carbocycles. The van der Waals surface area contributed by atoms with E-state index < -0.39 is 17.7 Å². The van der Waals surface area contributed by atoms with Crippen LogP contribution in [0.3, 0.4) is 0 Å². The van der Waals surface area contributed by atoms with Gasteiger partial charge in [0.15, 0.2) is 0 Å². The highest BCUT2D eigenvalue weighted by molar-refractivity contribution is 5.69. The van der Waals surface area contributed by atoms with Crippen molar-refractivity contribution in [2.45, 2.75) is 45.8 Å². The van der Waals surface area contributed by atoms with Crippen LogP contribution in [-0.2, 0) is 16.6 Å². The summed E-state index contributed by atoms with van der Waals surface area (Å²) in [7, 11) is 1.79. The molecule has 0 aliphatic carbocycles. The van der Waals surface area contributed by atoms with Crippen molar-refractivity contribution in [3.63, 3.8) is 0 Å². The van der Waals surface area contributed by atoms with Gasteiger partial charge in [0.1, 0.15) is 11.9 Å². The normalized spacial score (nSPS) is 12.9. The zero-order chi connectivity index (χ0) is 14.6. The SMILES string of the molecule is Cc1nn(C)cc1[C@H](CC=O)NC(=O)OC(C)(C)C. The van der Waals surface area contributed by atoms with Gasteiger partial charge in [-0.1, -0.05) is 0 Å². The molecule has 1 aromatic heterocycles. The Balaban J connectivity index is 2.81.